The molecule has 3 amide bonds. The van der Waals surface area contributed by atoms with Crippen molar-refractivity contribution in [2.75, 3.05) is 50.9 Å². The SMILES string of the molecule is CCCNC(=O)N1C[C@@H](C)[C@H](OC)CN(C)C(=O)c2cc(NS(=O)(=O)CC)ccc2OC[C@H]1C. The number of urea groups is 1. The normalized spacial score (nSPS) is 22.2. The van der Waals surface area contributed by atoms with Crippen molar-refractivity contribution in [3.05, 3.63) is 23.8 Å². The highest BCUT2D eigenvalue weighted by atomic mass is 32.2. The standard InChI is InChI=1S/C23H38N4O6S/c1-7-11-24-23(29)27-13-16(3)21(32-6)14-26(5)22(28)19-12-18(25-34(30,31)8-2)9-10-20(19)33-15-17(27)4/h9-10,12,16-17,21,25H,7-8,11,13-15H2,1-6H3,(H,24,29)/t16-,17-,21-/m1/s1. The number of carbonyl (C=O) groups is 2. The third-order valence-corrected chi connectivity index (χ3v) is 7.19. The van der Waals surface area contributed by atoms with Crippen molar-refractivity contribution >= 4 is 27.6 Å². The average Bonchev–Trinajstić information content (AvgIpc) is 2.81. The summed E-state index contributed by atoms with van der Waals surface area (Å²) in [6.45, 7) is 8.86. The first-order valence-electron chi connectivity index (χ1n) is 11.6. The molecule has 0 bridgehead atoms. The maximum Gasteiger partial charge on any atom is 0.317 e. The van der Waals surface area contributed by atoms with Crippen LogP contribution in [0.5, 0.6) is 5.75 Å². The smallest absolute Gasteiger partial charge is 0.317 e. The summed E-state index contributed by atoms with van der Waals surface area (Å²) >= 11 is 0. The molecule has 0 spiro atoms. The number of ether oxygens (including phenoxy) is 2. The van der Waals surface area contributed by atoms with Crippen molar-refractivity contribution in [3.8, 4) is 5.75 Å². The molecule has 0 radical (unpaired) electrons. The number of hydrogen-bond acceptors (Lipinski definition) is 6. The van der Waals surface area contributed by atoms with Crippen LogP contribution in [0.1, 0.15) is 44.5 Å². The zero-order chi connectivity index (χ0) is 25.5. The molecule has 34 heavy (non-hydrogen) atoms. The van der Waals surface area contributed by atoms with Crippen LogP contribution in [-0.4, -0.2) is 88.5 Å². The second-order valence-electron chi connectivity index (χ2n) is 8.70. The molecule has 1 aromatic rings. The Hall–Kier alpha value is -2.53. The summed E-state index contributed by atoms with van der Waals surface area (Å²) in [7, 11) is -0.261. The maximum atomic E-state index is 13.3. The van der Waals surface area contributed by atoms with Crippen LogP contribution >= 0.6 is 0 Å². The van der Waals surface area contributed by atoms with Gasteiger partial charge in [0.05, 0.1) is 23.5 Å². The van der Waals surface area contributed by atoms with Gasteiger partial charge in [0.15, 0.2) is 0 Å². The summed E-state index contributed by atoms with van der Waals surface area (Å²) in [6.07, 6.45) is 0.513. The molecule has 0 aromatic heterocycles. The Labute approximate surface area is 203 Å². The van der Waals surface area contributed by atoms with Gasteiger partial charge < -0.3 is 24.6 Å². The fourth-order valence-electron chi connectivity index (χ4n) is 3.71. The van der Waals surface area contributed by atoms with Crippen LogP contribution < -0.4 is 14.8 Å². The highest BCUT2D eigenvalue weighted by Gasteiger charge is 2.30. The number of hydrogen-bond donors (Lipinski definition) is 2. The van der Waals surface area contributed by atoms with Crippen LogP contribution in [0.2, 0.25) is 0 Å². The van der Waals surface area contributed by atoms with Crippen molar-refractivity contribution in [1.29, 1.82) is 0 Å². The zero-order valence-electron chi connectivity index (χ0n) is 21.0. The molecular formula is C23H38N4O6S. The van der Waals surface area contributed by atoms with E-state index in [2.05, 4.69) is 10.0 Å². The van der Waals surface area contributed by atoms with Gasteiger partial charge in [0.2, 0.25) is 10.0 Å². The number of rotatable bonds is 6. The molecule has 0 aliphatic carbocycles. The van der Waals surface area contributed by atoms with E-state index >= 15 is 0 Å². The Morgan fingerprint density at radius 2 is 1.94 bits per heavy atom. The van der Waals surface area contributed by atoms with Gasteiger partial charge in [-0.05, 0) is 38.5 Å². The van der Waals surface area contributed by atoms with E-state index in [1.807, 2.05) is 20.8 Å². The molecule has 10 nitrogen and oxygen atoms in total. The lowest BCUT2D eigenvalue weighted by molar-refractivity contribution is 0.0166. The van der Waals surface area contributed by atoms with E-state index in [0.29, 0.717) is 25.4 Å². The molecule has 2 rings (SSSR count). The molecule has 1 aliphatic rings. The summed E-state index contributed by atoms with van der Waals surface area (Å²) in [5.41, 5.74) is 0.513. The van der Waals surface area contributed by atoms with E-state index in [0.717, 1.165) is 6.42 Å². The fourth-order valence-corrected chi connectivity index (χ4v) is 4.34. The number of nitrogens with zero attached hydrogens (tertiary/aromatic N) is 2. The van der Waals surface area contributed by atoms with Gasteiger partial charge in [-0.2, -0.15) is 0 Å². The number of amides is 3. The Kier molecular flexibility index (Phi) is 9.99. The molecule has 1 heterocycles. The number of anilines is 1. The monoisotopic (exact) mass is 498 g/mol. The minimum absolute atomic E-state index is 0.0586. The van der Waals surface area contributed by atoms with E-state index in [1.54, 1.807) is 31.2 Å². The Balaban J connectivity index is 2.45. The highest BCUT2D eigenvalue weighted by Crippen LogP contribution is 2.27. The van der Waals surface area contributed by atoms with Crippen molar-refractivity contribution < 1.29 is 27.5 Å². The van der Waals surface area contributed by atoms with Gasteiger partial charge in [0.25, 0.3) is 5.91 Å². The van der Waals surface area contributed by atoms with Crippen LogP contribution in [0.15, 0.2) is 18.2 Å². The third-order valence-electron chi connectivity index (χ3n) is 5.89. The second kappa shape index (κ2) is 12.3. The van der Waals surface area contributed by atoms with Gasteiger partial charge in [-0.1, -0.05) is 13.8 Å². The predicted molar refractivity (Wildman–Crippen MR) is 132 cm³/mol. The van der Waals surface area contributed by atoms with Crippen LogP contribution in [0.4, 0.5) is 10.5 Å². The Bertz CT molecular complexity index is 955. The number of likely N-dealkylation sites (N-methyl/N-ethyl adjacent to an activating group) is 1. The molecule has 3 atom stereocenters. The van der Waals surface area contributed by atoms with Crippen molar-refractivity contribution in [1.82, 2.24) is 15.1 Å². The highest BCUT2D eigenvalue weighted by molar-refractivity contribution is 7.92. The van der Waals surface area contributed by atoms with Gasteiger partial charge in [-0.3, -0.25) is 9.52 Å². The summed E-state index contributed by atoms with van der Waals surface area (Å²) in [4.78, 5) is 29.5. The summed E-state index contributed by atoms with van der Waals surface area (Å²) in [5.74, 6) is -0.140. The summed E-state index contributed by atoms with van der Waals surface area (Å²) in [5, 5.41) is 2.93. The van der Waals surface area contributed by atoms with Crippen LogP contribution in [-0.2, 0) is 14.8 Å². The zero-order valence-corrected chi connectivity index (χ0v) is 21.8. The van der Waals surface area contributed by atoms with Crippen LogP contribution in [0.25, 0.3) is 0 Å². The fraction of sp³-hybridized carbons (Fsp3) is 0.652. The Morgan fingerprint density at radius 3 is 2.56 bits per heavy atom. The molecule has 0 saturated carbocycles. The lowest BCUT2D eigenvalue weighted by atomic mass is 10.0. The molecule has 0 fully saturated rings. The predicted octanol–water partition coefficient (Wildman–Crippen LogP) is 2.37. The minimum Gasteiger partial charge on any atom is -0.491 e. The van der Waals surface area contributed by atoms with Gasteiger partial charge in [0, 0.05) is 45.4 Å². The minimum atomic E-state index is -3.51. The second-order valence-corrected chi connectivity index (χ2v) is 10.7. The lowest BCUT2D eigenvalue weighted by Crippen LogP contribution is -2.51. The quantitative estimate of drug-likeness (QED) is 0.622. The maximum absolute atomic E-state index is 13.3. The molecule has 11 heteroatoms. The molecule has 192 valence electrons. The number of methoxy groups -OCH3 is 1. The first kappa shape index (κ1) is 27.7. The van der Waals surface area contributed by atoms with Gasteiger partial charge in [-0.25, -0.2) is 13.2 Å². The van der Waals surface area contributed by atoms with Gasteiger partial charge >= 0.3 is 6.03 Å². The first-order chi connectivity index (χ1) is 16.0. The van der Waals surface area contributed by atoms with E-state index in [1.165, 1.54) is 17.9 Å². The van der Waals surface area contributed by atoms with E-state index < -0.39 is 10.0 Å². The van der Waals surface area contributed by atoms with E-state index in [9.17, 15) is 18.0 Å². The van der Waals surface area contributed by atoms with Gasteiger partial charge in [-0.15, -0.1) is 0 Å². The van der Waals surface area contributed by atoms with Crippen molar-refractivity contribution in [3.63, 3.8) is 0 Å². The van der Waals surface area contributed by atoms with Crippen LogP contribution in [0.3, 0.4) is 0 Å². The van der Waals surface area contributed by atoms with Crippen molar-refractivity contribution in [2.45, 2.75) is 46.3 Å². The lowest BCUT2D eigenvalue weighted by Gasteiger charge is -2.36. The number of sulfonamides is 1. The first-order valence-corrected chi connectivity index (χ1v) is 13.3. The molecule has 1 aromatic carbocycles. The molecule has 0 unspecified atom stereocenters. The number of carbonyl (C=O) groups excluding carboxylic acids is 2. The third kappa shape index (κ3) is 7.23. The number of nitrogens with one attached hydrogen (secondary N) is 2. The van der Waals surface area contributed by atoms with Crippen molar-refractivity contribution in [2.24, 2.45) is 5.92 Å². The Morgan fingerprint density at radius 1 is 1.24 bits per heavy atom. The molecule has 2 N–H and O–H groups in total. The largest absolute Gasteiger partial charge is 0.491 e. The van der Waals surface area contributed by atoms with E-state index in [4.69, 9.17) is 9.47 Å². The summed E-state index contributed by atoms with van der Waals surface area (Å²) < 4.78 is 38.2. The van der Waals surface area contributed by atoms with E-state index in [-0.39, 0.29) is 53.6 Å². The average molecular weight is 499 g/mol. The molecular weight excluding hydrogens is 460 g/mol. The number of benzene rings is 1. The molecule has 0 saturated heterocycles. The molecule has 1 aliphatic heterocycles. The van der Waals surface area contributed by atoms with Gasteiger partial charge in [0.1, 0.15) is 12.4 Å². The topological polar surface area (TPSA) is 117 Å². The van der Waals surface area contributed by atoms with Crippen LogP contribution in [0, 0.1) is 5.92 Å². The summed E-state index contributed by atoms with van der Waals surface area (Å²) in [6, 6.07) is 4.15. The number of fused-ring (bicyclic) bond motifs is 1.